The minimum absolute atomic E-state index is 0.201. The van der Waals surface area contributed by atoms with Gasteiger partial charge in [-0.2, -0.15) is 5.10 Å². The Bertz CT molecular complexity index is 579. The van der Waals surface area contributed by atoms with E-state index in [0.717, 1.165) is 30.8 Å². The van der Waals surface area contributed by atoms with Gasteiger partial charge in [-0.05, 0) is 37.6 Å². The van der Waals surface area contributed by atoms with Crippen molar-refractivity contribution >= 4 is 5.69 Å². The number of halogens is 1. The van der Waals surface area contributed by atoms with Crippen molar-refractivity contribution in [3.05, 3.63) is 47.5 Å². The fourth-order valence-corrected chi connectivity index (χ4v) is 2.36. The third kappa shape index (κ3) is 3.82. The van der Waals surface area contributed by atoms with Crippen LogP contribution in [0.1, 0.15) is 24.7 Å². The zero-order valence-corrected chi connectivity index (χ0v) is 12.7. The van der Waals surface area contributed by atoms with E-state index in [0.29, 0.717) is 18.8 Å². The van der Waals surface area contributed by atoms with Crippen LogP contribution in [0.15, 0.2) is 30.3 Å². The molecule has 0 unspecified atom stereocenters. The van der Waals surface area contributed by atoms with E-state index in [1.165, 1.54) is 6.07 Å². The summed E-state index contributed by atoms with van der Waals surface area (Å²) in [5, 5.41) is 4.45. The topological polar surface area (TPSA) is 47.1 Å². The summed E-state index contributed by atoms with van der Waals surface area (Å²) >= 11 is 0. The van der Waals surface area contributed by atoms with Crippen molar-refractivity contribution in [2.45, 2.75) is 26.3 Å². The van der Waals surface area contributed by atoms with Crippen LogP contribution in [-0.4, -0.2) is 22.9 Å². The smallest absolute Gasteiger partial charge is 0.146 e. The number of aromatic nitrogens is 2. The predicted octanol–water partition coefficient (Wildman–Crippen LogP) is 2.48. The maximum absolute atomic E-state index is 14.0. The third-order valence-corrected chi connectivity index (χ3v) is 3.57. The number of nitrogens with two attached hydrogens (primary N) is 1. The number of hydrogen-bond donors (Lipinski definition) is 1. The molecule has 2 N–H and O–H groups in total. The SMILES string of the molecule is CCc1cc(CN(CCCN)c2ccccc2F)n(C)n1. The largest absolute Gasteiger partial charge is 0.363 e. The molecule has 0 radical (unpaired) electrons. The molecular weight excluding hydrogens is 267 g/mol. The van der Waals surface area contributed by atoms with E-state index < -0.39 is 0 Å². The first-order chi connectivity index (χ1) is 10.2. The minimum atomic E-state index is -0.201. The van der Waals surface area contributed by atoms with E-state index in [2.05, 4.69) is 18.1 Å². The van der Waals surface area contributed by atoms with Crippen LogP contribution in [0.2, 0.25) is 0 Å². The second-order valence-electron chi connectivity index (χ2n) is 5.12. The van der Waals surface area contributed by atoms with Crippen LogP contribution >= 0.6 is 0 Å². The van der Waals surface area contributed by atoms with Gasteiger partial charge < -0.3 is 10.6 Å². The van der Waals surface area contributed by atoms with Crippen molar-refractivity contribution in [2.24, 2.45) is 12.8 Å². The lowest BCUT2D eigenvalue weighted by Crippen LogP contribution is -2.27. The van der Waals surface area contributed by atoms with Gasteiger partial charge in [0.1, 0.15) is 5.82 Å². The molecule has 1 heterocycles. The molecule has 0 fully saturated rings. The predicted molar refractivity (Wildman–Crippen MR) is 83.7 cm³/mol. The van der Waals surface area contributed by atoms with Gasteiger partial charge in [0.05, 0.1) is 23.6 Å². The molecule has 1 aromatic carbocycles. The Hall–Kier alpha value is -1.88. The highest BCUT2D eigenvalue weighted by Gasteiger charge is 2.14. The maximum Gasteiger partial charge on any atom is 0.146 e. The van der Waals surface area contributed by atoms with Crippen LogP contribution in [0.3, 0.4) is 0 Å². The first kappa shape index (κ1) is 15.5. The molecule has 0 bridgehead atoms. The molecule has 114 valence electrons. The molecule has 4 nitrogen and oxygen atoms in total. The van der Waals surface area contributed by atoms with E-state index >= 15 is 0 Å². The lowest BCUT2D eigenvalue weighted by molar-refractivity contribution is 0.604. The van der Waals surface area contributed by atoms with E-state index in [1.807, 2.05) is 28.8 Å². The average Bonchev–Trinajstić information content (AvgIpc) is 2.84. The number of aryl methyl sites for hydroxylation is 2. The molecule has 0 aliphatic carbocycles. The third-order valence-electron chi connectivity index (χ3n) is 3.57. The van der Waals surface area contributed by atoms with Gasteiger partial charge in [-0.3, -0.25) is 4.68 Å². The highest BCUT2D eigenvalue weighted by Crippen LogP contribution is 2.21. The molecular formula is C16H23FN4. The van der Waals surface area contributed by atoms with Gasteiger partial charge in [-0.15, -0.1) is 0 Å². The van der Waals surface area contributed by atoms with Crippen LogP contribution in [0.25, 0.3) is 0 Å². The van der Waals surface area contributed by atoms with Gasteiger partial charge in [-0.25, -0.2) is 4.39 Å². The Balaban J connectivity index is 2.24. The summed E-state index contributed by atoms with van der Waals surface area (Å²) in [5.41, 5.74) is 8.35. The van der Waals surface area contributed by atoms with Crippen molar-refractivity contribution in [2.75, 3.05) is 18.0 Å². The van der Waals surface area contributed by atoms with Gasteiger partial charge >= 0.3 is 0 Å². The summed E-state index contributed by atoms with van der Waals surface area (Å²) < 4.78 is 15.9. The molecule has 0 aliphatic rings. The van der Waals surface area contributed by atoms with Gasteiger partial charge in [0.2, 0.25) is 0 Å². The fraction of sp³-hybridized carbons (Fsp3) is 0.438. The quantitative estimate of drug-likeness (QED) is 0.852. The van der Waals surface area contributed by atoms with E-state index in [1.54, 1.807) is 6.07 Å². The molecule has 0 saturated heterocycles. The highest BCUT2D eigenvalue weighted by atomic mass is 19.1. The average molecular weight is 290 g/mol. The van der Waals surface area contributed by atoms with Crippen molar-refractivity contribution in [3.63, 3.8) is 0 Å². The molecule has 1 aromatic heterocycles. The first-order valence-corrected chi connectivity index (χ1v) is 7.37. The van der Waals surface area contributed by atoms with Gasteiger partial charge in [0.15, 0.2) is 0 Å². The number of para-hydroxylation sites is 1. The first-order valence-electron chi connectivity index (χ1n) is 7.37. The molecule has 0 aliphatic heterocycles. The molecule has 2 rings (SSSR count). The number of rotatable bonds is 7. The standard InChI is InChI=1S/C16H23FN4/c1-3-13-11-14(20(2)19-13)12-21(10-6-9-18)16-8-5-4-7-15(16)17/h4-5,7-8,11H,3,6,9-10,12,18H2,1-2H3. The Morgan fingerprint density at radius 1 is 1.33 bits per heavy atom. The van der Waals surface area contributed by atoms with Crippen molar-refractivity contribution in [3.8, 4) is 0 Å². The van der Waals surface area contributed by atoms with Gasteiger partial charge in [0.25, 0.3) is 0 Å². The van der Waals surface area contributed by atoms with E-state index in [9.17, 15) is 4.39 Å². The molecule has 5 heteroatoms. The van der Waals surface area contributed by atoms with Gasteiger partial charge in [-0.1, -0.05) is 19.1 Å². The van der Waals surface area contributed by atoms with Crippen LogP contribution in [0.4, 0.5) is 10.1 Å². The summed E-state index contributed by atoms with van der Waals surface area (Å²) in [7, 11) is 1.93. The normalized spacial score (nSPS) is 10.9. The maximum atomic E-state index is 14.0. The molecule has 0 saturated carbocycles. The van der Waals surface area contributed by atoms with Gasteiger partial charge in [0, 0.05) is 13.6 Å². The van der Waals surface area contributed by atoms with Crippen LogP contribution in [0, 0.1) is 5.82 Å². The van der Waals surface area contributed by atoms with E-state index in [4.69, 9.17) is 5.73 Å². The number of benzene rings is 1. The molecule has 0 amide bonds. The molecule has 0 atom stereocenters. The second kappa shape index (κ2) is 7.22. The Kier molecular flexibility index (Phi) is 5.33. The summed E-state index contributed by atoms with van der Waals surface area (Å²) in [6.07, 6.45) is 1.73. The Morgan fingerprint density at radius 2 is 2.10 bits per heavy atom. The number of hydrogen-bond acceptors (Lipinski definition) is 3. The Morgan fingerprint density at radius 3 is 2.71 bits per heavy atom. The molecule has 0 spiro atoms. The van der Waals surface area contributed by atoms with Crippen molar-refractivity contribution in [1.82, 2.24) is 9.78 Å². The summed E-state index contributed by atoms with van der Waals surface area (Å²) in [4.78, 5) is 2.03. The summed E-state index contributed by atoms with van der Waals surface area (Å²) in [5.74, 6) is -0.201. The lowest BCUT2D eigenvalue weighted by atomic mass is 10.2. The molecule has 21 heavy (non-hydrogen) atoms. The van der Waals surface area contributed by atoms with Crippen molar-refractivity contribution < 1.29 is 4.39 Å². The minimum Gasteiger partial charge on any atom is -0.363 e. The second-order valence-corrected chi connectivity index (χ2v) is 5.12. The molecule has 2 aromatic rings. The zero-order valence-electron chi connectivity index (χ0n) is 12.7. The van der Waals surface area contributed by atoms with Crippen LogP contribution < -0.4 is 10.6 Å². The van der Waals surface area contributed by atoms with Crippen LogP contribution in [-0.2, 0) is 20.0 Å². The fourth-order valence-electron chi connectivity index (χ4n) is 2.36. The summed E-state index contributed by atoms with van der Waals surface area (Å²) in [6.45, 7) is 4.03. The monoisotopic (exact) mass is 290 g/mol. The van der Waals surface area contributed by atoms with E-state index in [-0.39, 0.29) is 5.82 Å². The highest BCUT2D eigenvalue weighted by molar-refractivity contribution is 5.47. The zero-order chi connectivity index (χ0) is 15.2. The number of anilines is 1. The van der Waals surface area contributed by atoms with Crippen molar-refractivity contribution in [1.29, 1.82) is 0 Å². The van der Waals surface area contributed by atoms with Crippen LogP contribution in [0.5, 0.6) is 0 Å². The number of nitrogens with zero attached hydrogens (tertiary/aromatic N) is 3. The lowest BCUT2D eigenvalue weighted by Gasteiger charge is -2.25. The Labute approximate surface area is 125 Å². The summed E-state index contributed by atoms with van der Waals surface area (Å²) in [6, 6.07) is 8.94.